The molecule has 0 saturated heterocycles. The van der Waals surface area contributed by atoms with Crippen LogP contribution in [0.4, 0.5) is 0 Å². The molecule has 0 amide bonds. The number of hydrogen-bond donors (Lipinski definition) is 1. The van der Waals surface area contributed by atoms with E-state index in [9.17, 15) is 8.42 Å². The first-order chi connectivity index (χ1) is 9.49. The van der Waals surface area contributed by atoms with E-state index in [2.05, 4.69) is 19.8 Å². The van der Waals surface area contributed by atoms with Crippen molar-refractivity contribution in [2.24, 2.45) is 0 Å². The summed E-state index contributed by atoms with van der Waals surface area (Å²) in [6.07, 6.45) is 3.65. The lowest BCUT2D eigenvalue weighted by atomic mass is 10.3. The highest BCUT2D eigenvalue weighted by Gasteiger charge is 2.15. The van der Waals surface area contributed by atoms with E-state index >= 15 is 0 Å². The Bertz CT molecular complexity index is 652. The molecule has 0 saturated carbocycles. The van der Waals surface area contributed by atoms with Gasteiger partial charge in [-0.3, -0.25) is 4.98 Å². The number of aromatic nitrogens is 3. The fourth-order valence-corrected chi connectivity index (χ4v) is 2.15. The lowest BCUT2D eigenvalue weighted by Gasteiger charge is -2.07. The molecular formula is C12H16N4O3S. The van der Waals surface area contributed by atoms with Crippen LogP contribution in [0.3, 0.4) is 0 Å². The zero-order chi connectivity index (χ0) is 14.6. The molecular weight excluding hydrogens is 280 g/mol. The molecule has 0 fully saturated rings. The van der Waals surface area contributed by atoms with Crippen molar-refractivity contribution in [3.8, 4) is 11.5 Å². The molecule has 2 aromatic rings. The van der Waals surface area contributed by atoms with Crippen molar-refractivity contribution in [3.63, 3.8) is 0 Å². The Kier molecular flexibility index (Phi) is 4.46. The van der Waals surface area contributed by atoms with Crippen LogP contribution < -0.4 is 4.72 Å². The highest BCUT2D eigenvalue weighted by atomic mass is 32.2. The molecule has 0 aliphatic carbocycles. The van der Waals surface area contributed by atoms with Crippen molar-refractivity contribution >= 4 is 10.0 Å². The monoisotopic (exact) mass is 296 g/mol. The molecule has 0 radical (unpaired) electrons. The standard InChI is InChI=1S/C12H16N4O3S/c1-9(2)20(17,18)14-7-5-11-15-12(19-16-11)10-4-3-6-13-8-10/h3-4,6,8-9,14H,5,7H2,1-2H3. The first kappa shape index (κ1) is 14.6. The number of rotatable bonds is 6. The van der Waals surface area contributed by atoms with Gasteiger partial charge in [0.15, 0.2) is 5.82 Å². The largest absolute Gasteiger partial charge is 0.334 e. The molecule has 20 heavy (non-hydrogen) atoms. The zero-order valence-corrected chi connectivity index (χ0v) is 12.1. The minimum Gasteiger partial charge on any atom is -0.334 e. The van der Waals surface area contributed by atoms with Gasteiger partial charge in [-0.15, -0.1) is 0 Å². The molecule has 2 rings (SSSR count). The van der Waals surface area contributed by atoms with Crippen LogP contribution in [0.5, 0.6) is 0 Å². The molecule has 2 aromatic heterocycles. The maximum atomic E-state index is 11.6. The van der Waals surface area contributed by atoms with Crippen molar-refractivity contribution in [2.45, 2.75) is 25.5 Å². The highest BCUT2D eigenvalue weighted by Crippen LogP contribution is 2.14. The topological polar surface area (TPSA) is 98.0 Å². The van der Waals surface area contributed by atoms with Gasteiger partial charge in [0.2, 0.25) is 10.0 Å². The lowest BCUT2D eigenvalue weighted by molar-refractivity contribution is 0.422. The van der Waals surface area contributed by atoms with Crippen molar-refractivity contribution in [3.05, 3.63) is 30.4 Å². The quantitative estimate of drug-likeness (QED) is 0.854. The third-order valence-electron chi connectivity index (χ3n) is 2.65. The average Bonchev–Trinajstić information content (AvgIpc) is 2.88. The molecule has 0 aromatic carbocycles. The summed E-state index contributed by atoms with van der Waals surface area (Å²) in [5.41, 5.74) is 0.731. The van der Waals surface area contributed by atoms with E-state index in [1.807, 2.05) is 6.07 Å². The van der Waals surface area contributed by atoms with Crippen molar-refractivity contribution < 1.29 is 12.9 Å². The van der Waals surface area contributed by atoms with Crippen LogP contribution in [0, 0.1) is 0 Å². The minimum atomic E-state index is -3.26. The smallest absolute Gasteiger partial charge is 0.259 e. The van der Waals surface area contributed by atoms with Crippen LogP contribution in [-0.4, -0.2) is 35.3 Å². The summed E-state index contributed by atoms with van der Waals surface area (Å²) in [4.78, 5) is 8.16. The first-order valence-corrected chi connectivity index (χ1v) is 7.75. The summed E-state index contributed by atoms with van der Waals surface area (Å²) < 4.78 is 30.7. The van der Waals surface area contributed by atoms with Gasteiger partial charge in [0.1, 0.15) is 0 Å². The van der Waals surface area contributed by atoms with Gasteiger partial charge in [0, 0.05) is 25.4 Å². The summed E-state index contributed by atoms with van der Waals surface area (Å²) in [5.74, 6) is 0.829. The normalized spacial score (nSPS) is 11.9. The van der Waals surface area contributed by atoms with E-state index in [0.29, 0.717) is 18.1 Å². The number of sulfonamides is 1. The second-order valence-corrected chi connectivity index (χ2v) is 6.82. The van der Waals surface area contributed by atoms with Crippen LogP contribution in [0.1, 0.15) is 19.7 Å². The van der Waals surface area contributed by atoms with E-state index in [1.54, 1.807) is 32.3 Å². The first-order valence-electron chi connectivity index (χ1n) is 6.20. The second kappa shape index (κ2) is 6.10. The van der Waals surface area contributed by atoms with Gasteiger partial charge in [-0.2, -0.15) is 4.98 Å². The van der Waals surface area contributed by atoms with E-state index in [0.717, 1.165) is 5.56 Å². The predicted molar refractivity (Wildman–Crippen MR) is 73.3 cm³/mol. The SMILES string of the molecule is CC(C)S(=O)(=O)NCCc1noc(-c2cccnc2)n1. The Balaban J connectivity index is 1.94. The molecule has 0 aliphatic rings. The van der Waals surface area contributed by atoms with Gasteiger partial charge in [-0.1, -0.05) is 5.16 Å². The van der Waals surface area contributed by atoms with E-state index in [1.165, 1.54) is 0 Å². The van der Waals surface area contributed by atoms with Crippen LogP contribution in [-0.2, 0) is 16.4 Å². The molecule has 0 atom stereocenters. The third-order valence-corrected chi connectivity index (χ3v) is 4.50. The minimum absolute atomic E-state index is 0.243. The fourth-order valence-electron chi connectivity index (χ4n) is 1.43. The molecule has 0 unspecified atom stereocenters. The van der Waals surface area contributed by atoms with Crippen LogP contribution in [0.2, 0.25) is 0 Å². The van der Waals surface area contributed by atoms with Crippen LogP contribution >= 0.6 is 0 Å². The Morgan fingerprint density at radius 2 is 2.20 bits per heavy atom. The fraction of sp³-hybridized carbons (Fsp3) is 0.417. The van der Waals surface area contributed by atoms with Gasteiger partial charge in [-0.25, -0.2) is 13.1 Å². The summed E-state index contributed by atoms with van der Waals surface area (Å²) in [6, 6.07) is 3.59. The van der Waals surface area contributed by atoms with Gasteiger partial charge >= 0.3 is 0 Å². The van der Waals surface area contributed by atoms with Gasteiger partial charge in [0.25, 0.3) is 5.89 Å². The maximum absolute atomic E-state index is 11.6. The Labute approximate surface area is 117 Å². The average molecular weight is 296 g/mol. The predicted octanol–water partition coefficient (Wildman–Crippen LogP) is 1.00. The van der Waals surface area contributed by atoms with Gasteiger partial charge < -0.3 is 4.52 Å². The summed E-state index contributed by atoms with van der Waals surface area (Å²) in [5, 5.41) is 3.35. The molecule has 108 valence electrons. The number of nitrogens with zero attached hydrogens (tertiary/aromatic N) is 3. The number of nitrogens with one attached hydrogen (secondary N) is 1. The molecule has 7 nitrogen and oxygen atoms in total. The van der Waals surface area contributed by atoms with E-state index in [-0.39, 0.29) is 6.54 Å². The van der Waals surface area contributed by atoms with Crippen molar-refractivity contribution in [1.29, 1.82) is 0 Å². The Hall–Kier alpha value is -1.80. The molecule has 0 bridgehead atoms. The zero-order valence-electron chi connectivity index (χ0n) is 11.3. The Morgan fingerprint density at radius 1 is 1.40 bits per heavy atom. The molecule has 8 heteroatoms. The highest BCUT2D eigenvalue weighted by molar-refractivity contribution is 7.90. The third kappa shape index (κ3) is 3.61. The van der Waals surface area contributed by atoms with E-state index in [4.69, 9.17) is 4.52 Å². The number of pyridine rings is 1. The Morgan fingerprint density at radius 3 is 2.85 bits per heavy atom. The summed E-state index contributed by atoms with van der Waals surface area (Å²) in [7, 11) is -3.26. The van der Waals surface area contributed by atoms with Crippen molar-refractivity contribution in [2.75, 3.05) is 6.54 Å². The molecule has 2 heterocycles. The second-order valence-electron chi connectivity index (χ2n) is 4.50. The van der Waals surface area contributed by atoms with Crippen LogP contribution in [0.15, 0.2) is 29.0 Å². The lowest BCUT2D eigenvalue weighted by Crippen LogP contribution is -2.32. The molecule has 0 aliphatic heterocycles. The summed E-state index contributed by atoms with van der Waals surface area (Å²) >= 11 is 0. The maximum Gasteiger partial charge on any atom is 0.259 e. The summed E-state index contributed by atoms with van der Waals surface area (Å²) in [6.45, 7) is 3.49. The van der Waals surface area contributed by atoms with E-state index < -0.39 is 15.3 Å². The van der Waals surface area contributed by atoms with Crippen molar-refractivity contribution in [1.82, 2.24) is 19.8 Å². The van der Waals surface area contributed by atoms with Crippen LogP contribution in [0.25, 0.3) is 11.5 Å². The van der Waals surface area contributed by atoms with Gasteiger partial charge in [0.05, 0.1) is 10.8 Å². The van der Waals surface area contributed by atoms with Gasteiger partial charge in [-0.05, 0) is 26.0 Å². The number of hydrogen-bond acceptors (Lipinski definition) is 6. The molecule has 0 spiro atoms. The molecule has 1 N–H and O–H groups in total.